The van der Waals surface area contributed by atoms with E-state index in [0.717, 1.165) is 5.75 Å². The molecule has 1 amide bonds. The van der Waals surface area contributed by atoms with Gasteiger partial charge in [-0.3, -0.25) is 4.79 Å². The first kappa shape index (κ1) is 14.3. The molecule has 0 aromatic heterocycles. The average molecular weight is 229 g/mol. The summed E-state index contributed by atoms with van der Waals surface area (Å²) in [4.78, 5) is 11.2. The second-order valence-corrected chi connectivity index (χ2v) is 5.11. The fourth-order valence-electron chi connectivity index (χ4n) is 0.727. The number of carbonyl (C=O) groups excluding carboxylic acids is 1. The van der Waals surface area contributed by atoms with Gasteiger partial charge in [0, 0.05) is 12.3 Å². The zero-order valence-electron chi connectivity index (χ0n) is 9.63. The number of hydrogen-bond acceptors (Lipinski definition) is 3. The number of amides is 1. The lowest BCUT2D eigenvalue weighted by Gasteiger charge is -2.18. The summed E-state index contributed by atoms with van der Waals surface area (Å²) in [6.45, 7) is 6.51. The average Bonchev–Trinajstić information content (AvgIpc) is 2.13. The highest BCUT2D eigenvalue weighted by atomic mass is 32.2. The Morgan fingerprint density at radius 1 is 1.53 bits per heavy atom. The number of terminal acetylenes is 1. The maximum atomic E-state index is 11.2. The second kappa shape index (κ2) is 7.61. The van der Waals surface area contributed by atoms with Gasteiger partial charge in [-0.2, -0.15) is 0 Å². The Hall–Kier alpha value is -0.660. The molecule has 0 fully saturated rings. The Kier molecular flexibility index (Phi) is 7.27. The van der Waals surface area contributed by atoms with Crippen LogP contribution in [0.5, 0.6) is 0 Å². The van der Waals surface area contributed by atoms with Crippen molar-refractivity contribution in [1.82, 2.24) is 5.32 Å². The van der Waals surface area contributed by atoms with Gasteiger partial charge in [0.05, 0.1) is 11.4 Å². The van der Waals surface area contributed by atoms with Crippen LogP contribution in [0, 0.1) is 12.3 Å². The van der Waals surface area contributed by atoms with E-state index in [0.29, 0.717) is 12.3 Å². The van der Waals surface area contributed by atoms with Gasteiger partial charge in [-0.15, -0.1) is 18.2 Å². The summed E-state index contributed by atoms with van der Waals surface area (Å²) in [6.07, 6.45) is 5.09. The van der Waals surface area contributed by atoms with E-state index in [4.69, 9.17) is 11.2 Å². The van der Waals surface area contributed by atoms with Gasteiger partial charge in [-0.25, -0.2) is 0 Å². The zero-order valence-corrected chi connectivity index (χ0v) is 10.4. The Labute approximate surface area is 96.3 Å². The van der Waals surface area contributed by atoms with Crippen LogP contribution in [0.15, 0.2) is 0 Å². The van der Waals surface area contributed by atoms with Crippen LogP contribution in [0.4, 0.5) is 0 Å². The van der Waals surface area contributed by atoms with E-state index >= 15 is 0 Å². The van der Waals surface area contributed by atoms with Crippen LogP contribution in [-0.2, 0) is 9.53 Å². The first-order chi connectivity index (χ1) is 6.95. The Balaban J connectivity index is 3.39. The van der Waals surface area contributed by atoms with E-state index in [9.17, 15) is 4.79 Å². The topological polar surface area (TPSA) is 38.3 Å². The fourth-order valence-corrected chi connectivity index (χ4v) is 1.24. The van der Waals surface area contributed by atoms with Crippen molar-refractivity contribution in [2.75, 3.05) is 24.7 Å². The van der Waals surface area contributed by atoms with Crippen molar-refractivity contribution in [2.24, 2.45) is 0 Å². The predicted octanol–water partition coefficient (Wildman–Crippen LogP) is 1.28. The highest BCUT2D eigenvalue weighted by Gasteiger charge is 2.12. The first-order valence-electron chi connectivity index (χ1n) is 4.87. The van der Waals surface area contributed by atoms with E-state index in [1.165, 1.54) is 0 Å². The van der Waals surface area contributed by atoms with Crippen molar-refractivity contribution in [3.05, 3.63) is 0 Å². The summed E-state index contributed by atoms with van der Waals surface area (Å²) >= 11 is 1.63. The van der Waals surface area contributed by atoms with Gasteiger partial charge >= 0.3 is 0 Å². The lowest BCUT2D eigenvalue weighted by atomic mass is 10.2. The van der Waals surface area contributed by atoms with Crippen LogP contribution in [0.3, 0.4) is 0 Å². The predicted molar refractivity (Wildman–Crippen MR) is 64.9 cm³/mol. The van der Waals surface area contributed by atoms with E-state index < -0.39 is 0 Å². The second-order valence-electron chi connectivity index (χ2n) is 4.01. The quantitative estimate of drug-likeness (QED) is 0.551. The van der Waals surface area contributed by atoms with Crippen LogP contribution < -0.4 is 5.32 Å². The molecule has 0 aliphatic rings. The standard InChI is InChI=1S/C11H19NO2S/c1-5-7-15-8-6-12-10(13)9-14-11(2,3)4/h1H,6-9H2,2-4H3,(H,12,13). The molecule has 86 valence electrons. The molecule has 0 heterocycles. The molecule has 0 saturated carbocycles. The zero-order chi connectivity index (χ0) is 11.7. The van der Waals surface area contributed by atoms with Gasteiger partial charge in [0.2, 0.25) is 5.91 Å². The molecule has 0 aliphatic heterocycles. The minimum absolute atomic E-state index is 0.0776. The highest BCUT2D eigenvalue weighted by Crippen LogP contribution is 2.05. The van der Waals surface area contributed by atoms with Crippen LogP contribution in [0.2, 0.25) is 0 Å². The third-order valence-electron chi connectivity index (χ3n) is 1.39. The molecule has 0 unspecified atom stereocenters. The number of carbonyl (C=O) groups is 1. The first-order valence-corrected chi connectivity index (χ1v) is 6.03. The number of nitrogens with one attached hydrogen (secondary N) is 1. The van der Waals surface area contributed by atoms with Crippen molar-refractivity contribution >= 4 is 17.7 Å². The van der Waals surface area contributed by atoms with Crippen molar-refractivity contribution in [2.45, 2.75) is 26.4 Å². The van der Waals surface area contributed by atoms with Crippen LogP contribution in [-0.4, -0.2) is 36.2 Å². The molecule has 0 spiro atoms. The van der Waals surface area contributed by atoms with E-state index in [2.05, 4.69) is 11.2 Å². The summed E-state index contributed by atoms with van der Waals surface area (Å²) in [5, 5.41) is 2.76. The molecule has 0 rings (SSSR count). The molecular formula is C11H19NO2S. The molecule has 0 bridgehead atoms. The Morgan fingerprint density at radius 2 is 2.20 bits per heavy atom. The third kappa shape index (κ3) is 11.3. The van der Waals surface area contributed by atoms with E-state index in [1.807, 2.05) is 20.8 Å². The van der Waals surface area contributed by atoms with Crippen molar-refractivity contribution in [3.63, 3.8) is 0 Å². The van der Waals surface area contributed by atoms with Crippen molar-refractivity contribution < 1.29 is 9.53 Å². The number of hydrogen-bond donors (Lipinski definition) is 1. The Bertz CT molecular complexity index is 228. The highest BCUT2D eigenvalue weighted by molar-refractivity contribution is 7.99. The molecule has 0 atom stereocenters. The van der Waals surface area contributed by atoms with Crippen molar-refractivity contribution in [3.8, 4) is 12.3 Å². The largest absolute Gasteiger partial charge is 0.366 e. The lowest BCUT2D eigenvalue weighted by Crippen LogP contribution is -2.33. The molecule has 3 nitrogen and oxygen atoms in total. The number of rotatable bonds is 6. The van der Waals surface area contributed by atoms with Gasteiger partial charge in [-0.05, 0) is 20.8 Å². The SMILES string of the molecule is C#CCSCCNC(=O)COC(C)(C)C. The van der Waals surface area contributed by atoms with Crippen molar-refractivity contribution in [1.29, 1.82) is 0 Å². The molecule has 0 radical (unpaired) electrons. The number of thioether (sulfide) groups is 1. The lowest BCUT2D eigenvalue weighted by molar-refractivity contribution is -0.130. The van der Waals surface area contributed by atoms with Gasteiger partial charge in [0.25, 0.3) is 0 Å². The maximum Gasteiger partial charge on any atom is 0.246 e. The monoisotopic (exact) mass is 229 g/mol. The van der Waals surface area contributed by atoms with E-state index in [1.54, 1.807) is 11.8 Å². The van der Waals surface area contributed by atoms with Crippen LogP contribution in [0.25, 0.3) is 0 Å². The molecule has 0 saturated heterocycles. The summed E-state index contributed by atoms with van der Waals surface area (Å²) in [5.41, 5.74) is -0.268. The van der Waals surface area contributed by atoms with Crippen LogP contribution in [0.1, 0.15) is 20.8 Å². The minimum atomic E-state index is -0.268. The summed E-state index contributed by atoms with van der Waals surface area (Å²) in [5.74, 6) is 3.98. The molecule has 0 aromatic carbocycles. The molecule has 15 heavy (non-hydrogen) atoms. The molecular weight excluding hydrogens is 210 g/mol. The summed E-state index contributed by atoms with van der Waals surface area (Å²) in [6, 6.07) is 0. The summed E-state index contributed by atoms with van der Waals surface area (Å²) < 4.78 is 5.32. The van der Waals surface area contributed by atoms with Gasteiger partial charge in [0.1, 0.15) is 6.61 Å². The van der Waals surface area contributed by atoms with Gasteiger partial charge in [0.15, 0.2) is 0 Å². The van der Waals surface area contributed by atoms with Crippen LogP contribution >= 0.6 is 11.8 Å². The molecule has 0 aromatic rings. The maximum absolute atomic E-state index is 11.2. The Morgan fingerprint density at radius 3 is 2.73 bits per heavy atom. The molecule has 0 aliphatic carbocycles. The normalized spacial score (nSPS) is 10.8. The third-order valence-corrected chi connectivity index (χ3v) is 2.25. The smallest absolute Gasteiger partial charge is 0.246 e. The minimum Gasteiger partial charge on any atom is -0.366 e. The number of ether oxygens (including phenoxy) is 1. The molecule has 1 N–H and O–H groups in total. The summed E-state index contributed by atoms with van der Waals surface area (Å²) in [7, 11) is 0. The fraction of sp³-hybridized carbons (Fsp3) is 0.727. The van der Waals surface area contributed by atoms with Gasteiger partial charge < -0.3 is 10.1 Å². The van der Waals surface area contributed by atoms with Gasteiger partial charge in [-0.1, -0.05) is 5.92 Å². The molecule has 4 heteroatoms. The van der Waals surface area contributed by atoms with E-state index in [-0.39, 0.29) is 18.1 Å².